The summed E-state index contributed by atoms with van der Waals surface area (Å²) in [5, 5.41) is 3.22. The molecule has 4 rings (SSSR count). The molecular weight excluding hydrogens is 400 g/mol. The molecule has 1 aliphatic heterocycles. The van der Waals surface area contributed by atoms with Gasteiger partial charge < -0.3 is 10.1 Å². The van der Waals surface area contributed by atoms with E-state index in [1.165, 1.54) is 24.8 Å². The standard InChI is InChI=1S/C26H36N4O2/c1-18-24(15-25(31)29-22-9-5-4-6-10-22)19(2)28-26(27-18)21-12-13-30(17-21)16-20-8-7-11-23(14-20)32-3/h7-8,11,14,21-22H,4-6,9-10,12-13,15-17H2,1-3H3,(H,29,31)/t21-/m1/s1. The average Bonchev–Trinajstić information content (AvgIpc) is 3.25. The maximum Gasteiger partial charge on any atom is 0.224 e. The first-order valence-electron chi connectivity index (χ1n) is 12.0. The van der Waals surface area contributed by atoms with E-state index in [1.54, 1.807) is 7.11 Å². The largest absolute Gasteiger partial charge is 0.497 e. The molecule has 1 amide bonds. The first-order chi connectivity index (χ1) is 15.5. The van der Waals surface area contributed by atoms with Gasteiger partial charge in [0.15, 0.2) is 0 Å². The van der Waals surface area contributed by atoms with E-state index >= 15 is 0 Å². The van der Waals surface area contributed by atoms with Crippen LogP contribution in [0.5, 0.6) is 5.75 Å². The second kappa shape index (κ2) is 10.4. The lowest BCUT2D eigenvalue weighted by Gasteiger charge is -2.23. The van der Waals surface area contributed by atoms with Gasteiger partial charge in [-0.1, -0.05) is 31.4 Å². The number of hydrogen-bond acceptors (Lipinski definition) is 5. The summed E-state index contributed by atoms with van der Waals surface area (Å²) < 4.78 is 5.35. The molecule has 6 nitrogen and oxygen atoms in total. The number of likely N-dealkylation sites (tertiary alicyclic amines) is 1. The number of aromatic nitrogens is 2. The number of amides is 1. The predicted octanol–water partition coefficient (Wildman–Crippen LogP) is 4.08. The molecule has 1 N–H and O–H groups in total. The van der Waals surface area contributed by atoms with Gasteiger partial charge in [-0.2, -0.15) is 0 Å². The quantitative estimate of drug-likeness (QED) is 0.708. The van der Waals surface area contributed by atoms with Crippen molar-refractivity contribution < 1.29 is 9.53 Å². The molecule has 172 valence electrons. The van der Waals surface area contributed by atoms with Gasteiger partial charge in [-0.3, -0.25) is 9.69 Å². The summed E-state index contributed by atoms with van der Waals surface area (Å²) in [5.41, 5.74) is 4.13. The van der Waals surface area contributed by atoms with Crippen LogP contribution in [0.25, 0.3) is 0 Å². The topological polar surface area (TPSA) is 67.3 Å². The van der Waals surface area contributed by atoms with Crippen LogP contribution in [0.3, 0.4) is 0 Å². The Bertz CT molecular complexity index is 916. The Hall–Kier alpha value is -2.47. The minimum Gasteiger partial charge on any atom is -0.497 e. The fourth-order valence-corrected chi connectivity index (χ4v) is 5.11. The summed E-state index contributed by atoms with van der Waals surface area (Å²) in [7, 11) is 1.70. The van der Waals surface area contributed by atoms with Crippen molar-refractivity contribution in [3.8, 4) is 5.75 Å². The molecule has 1 aromatic carbocycles. The van der Waals surface area contributed by atoms with E-state index < -0.39 is 0 Å². The number of nitrogens with zero attached hydrogens (tertiary/aromatic N) is 3. The number of carbonyl (C=O) groups excluding carboxylic acids is 1. The number of benzene rings is 1. The third kappa shape index (κ3) is 5.66. The Morgan fingerprint density at radius 3 is 2.59 bits per heavy atom. The SMILES string of the molecule is COc1cccc(CN2CC[C@@H](c3nc(C)c(CC(=O)NC4CCCCC4)c(C)n3)C2)c1. The fourth-order valence-electron chi connectivity index (χ4n) is 5.11. The second-order valence-corrected chi connectivity index (χ2v) is 9.38. The number of methoxy groups -OCH3 is 1. The lowest BCUT2D eigenvalue weighted by atomic mass is 9.95. The molecule has 32 heavy (non-hydrogen) atoms. The van der Waals surface area contributed by atoms with E-state index in [2.05, 4.69) is 22.3 Å². The average molecular weight is 437 g/mol. The number of rotatable bonds is 7. The van der Waals surface area contributed by atoms with Gasteiger partial charge in [0.2, 0.25) is 5.91 Å². The lowest BCUT2D eigenvalue weighted by Crippen LogP contribution is -2.37. The van der Waals surface area contributed by atoms with E-state index in [-0.39, 0.29) is 5.91 Å². The maximum atomic E-state index is 12.6. The normalized spacial score (nSPS) is 19.8. The van der Waals surface area contributed by atoms with E-state index in [9.17, 15) is 4.79 Å². The van der Waals surface area contributed by atoms with Crippen molar-refractivity contribution in [3.63, 3.8) is 0 Å². The lowest BCUT2D eigenvalue weighted by molar-refractivity contribution is -0.121. The summed E-state index contributed by atoms with van der Waals surface area (Å²) in [4.78, 5) is 24.8. The third-order valence-electron chi connectivity index (χ3n) is 6.92. The van der Waals surface area contributed by atoms with E-state index in [4.69, 9.17) is 14.7 Å². The molecule has 0 unspecified atom stereocenters. The summed E-state index contributed by atoms with van der Waals surface area (Å²) in [5.74, 6) is 2.26. The van der Waals surface area contributed by atoms with Crippen molar-refractivity contribution >= 4 is 5.91 Å². The Kier molecular flexibility index (Phi) is 7.40. The van der Waals surface area contributed by atoms with Gasteiger partial charge in [0.05, 0.1) is 13.5 Å². The van der Waals surface area contributed by atoms with Crippen molar-refractivity contribution in [1.82, 2.24) is 20.2 Å². The molecule has 0 radical (unpaired) electrons. The highest BCUT2D eigenvalue weighted by Crippen LogP contribution is 2.28. The molecule has 2 fully saturated rings. The molecular formula is C26H36N4O2. The Balaban J connectivity index is 1.36. The van der Waals surface area contributed by atoms with Crippen molar-refractivity contribution in [1.29, 1.82) is 0 Å². The van der Waals surface area contributed by atoms with Gasteiger partial charge >= 0.3 is 0 Å². The summed E-state index contributed by atoms with van der Waals surface area (Å²) in [6, 6.07) is 8.61. The zero-order chi connectivity index (χ0) is 22.5. The molecule has 2 aromatic rings. The molecule has 1 saturated carbocycles. The van der Waals surface area contributed by atoms with Crippen LogP contribution < -0.4 is 10.1 Å². The summed E-state index contributed by atoms with van der Waals surface area (Å²) in [6.07, 6.45) is 7.37. The Labute approximate surface area is 191 Å². The fraction of sp³-hybridized carbons (Fsp3) is 0.577. The van der Waals surface area contributed by atoms with Crippen LogP contribution in [-0.4, -0.2) is 47.0 Å². The first kappa shape index (κ1) is 22.7. The van der Waals surface area contributed by atoms with E-state index in [0.29, 0.717) is 18.4 Å². The molecule has 1 aliphatic carbocycles. The monoisotopic (exact) mass is 436 g/mol. The predicted molar refractivity (Wildman–Crippen MR) is 126 cm³/mol. The van der Waals surface area contributed by atoms with Gasteiger partial charge in [0.1, 0.15) is 11.6 Å². The van der Waals surface area contributed by atoms with Crippen LogP contribution >= 0.6 is 0 Å². The number of nitrogens with one attached hydrogen (secondary N) is 1. The molecule has 0 bridgehead atoms. The molecule has 1 atom stereocenters. The van der Waals surface area contributed by atoms with Crippen molar-refractivity contribution in [3.05, 3.63) is 52.6 Å². The zero-order valence-electron chi connectivity index (χ0n) is 19.7. The van der Waals surface area contributed by atoms with Crippen molar-refractivity contribution in [2.45, 2.75) is 77.3 Å². The molecule has 1 aromatic heterocycles. The molecule has 6 heteroatoms. The highest BCUT2D eigenvalue weighted by molar-refractivity contribution is 5.79. The van der Waals surface area contributed by atoms with Gasteiger partial charge in [-0.05, 0) is 57.4 Å². The maximum absolute atomic E-state index is 12.6. The first-order valence-corrected chi connectivity index (χ1v) is 12.0. The van der Waals surface area contributed by atoms with Crippen LogP contribution in [0.15, 0.2) is 24.3 Å². The van der Waals surface area contributed by atoms with Crippen LogP contribution in [0.2, 0.25) is 0 Å². The highest BCUT2D eigenvalue weighted by atomic mass is 16.5. The number of hydrogen-bond donors (Lipinski definition) is 1. The summed E-state index contributed by atoms with van der Waals surface area (Å²) >= 11 is 0. The van der Waals surface area contributed by atoms with Gasteiger partial charge in [-0.25, -0.2) is 9.97 Å². The second-order valence-electron chi connectivity index (χ2n) is 9.38. The minimum atomic E-state index is 0.102. The number of carbonyl (C=O) groups is 1. The minimum absolute atomic E-state index is 0.102. The van der Waals surface area contributed by atoms with Gasteiger partial charge in [0, 0.05) is 42.0 Å². The molecule has 1 saturated heterocycles. The van der Waals surface area contributed by atoms with Crippen molar-refractivity contribution in [2.24, 2.45) is 0 Å². The summed E-state index contributed by atoms with van der Waals surface area (Å²) in [6.45, 7) is 6.94. The van der Waals surface area contributed by atoms with Crippen LogP contribution in [0.1, 0.15) is 72.8 Å². The number of aryl methyl sites for hydroxylation is 2. The van der Waals surface area contributed by atoms with Crippen LogP contribution in [0.4, 0.5) is 0 Å². The van der Waals surface area contributed by atoms with E-state index in [0.717, 1.165) is 67.4 Å². The Morgan fingerprint density at radius 2 is 1.88 bits per heavy atom. The van der Waals surface area contributed by atoms with Crippen LogP contribution in [-0.2, 0) is 17.8 Å². The number of ether oxygens (including phenoxy) is 1. The van der Waals surface area contributed by atoms with E-state index in [1.807, 2.05) is 26.0 Å². The zero-order valence-corrected chi connectivity index (χ0v) is 19.7. The van der Waals surface area contributed by atoms with Gasteiger partial charge in [-0.15, -0.1) is 0 Å². The smallest absolute Gasteiger partial charge is 0.224 e. The van der Waals surface area contributed by atoms with Crippen LogP contribution in [0, 0.1) is 13.8 Å². The molecule has 2 aliphatic rings. The Morgan fingerprint density at radius 1 is 1.12 bits per heavy atom. The molecule has 2 heterocycles. The van der Waals surface area contributed by atoms with Crippen molar-refractivity contribution in [2.75, 3.05) is 20.2 Å². The highest BCUT2D eigenvalue weighted by Gasteiger charge is 2.27. The molecule has 0 spiro atoms. The third-order valence-corrected chi connectivity index (χ3v) is 6.92. The van der Waals surface area contributed by atoms with Gasteiger partial charge in [0.25, 0.3) is 0 Å².